The fourth-order valence-electron chi connectivity index (χ4n) is 4.87. The number of benzene rings is 1. The van der Waals surface area contributed by atoms with Gasteiger partial charge in [-0.1, -0.05) is 30.3 Å². The highest BCUT2D eigenvalue weighted by Crippen LogP contribution is 2.55. The van der Waals surface area contributed by atoms with Crippen molar-refractivity contribution < 1.29 is 22.7 Å². The zero-order valence-corrected chi connectivity index (χ0v) is 21.0. The number of carbonyl (C=O) groups is 1. The first-order valence-corrected chi connectivity index (χ1v) is 13.9. The number of hydrogen-bond donors (Lipinski definition) is 0. The van der Waals surface area contributed by atoms with Gasteiger partial charge in [0.2, 0.25) is 5.28 Å². The van der Waals surface area contributed by atoms with Crippen molar-refractivity contribution in [1.29, 1.82) is 0 Å². The van der Waals surface area contributed by atoms with Crippen molar-refractivity contribution in [2.24, 2.45) is 0 Å². The molecule has 2 aliphatic heterocycles. The Labute approximate surface area is 210 Å². The first-order valence-electron chi connectivity index (χ1n) is 12.0. The van der Waals surface area contributed by atoms with Crippen LogP contribution in [0.1, 0.15) is 36.9 Å². The van der Waals surface area contributed by atoms with Gasteiger partial charge in [0.05, 0.1) is 24.2 Å². The number of anilines is 1. The number of likely N-dealkylation sites (tertiary alicyclic amines) is 1. The molecule has 0 bridgehead atoms. The summed E-state index contributed by atoms with van der Waals surface area (Å²) in [6, 6.07) is 11.2. The molecule has 1 aliphatic carbocycles. The summed E-state index contributed by atoms with van der Waals surface area (Å²) in [4.78, 5) is 24.8. The second-order valence-electron chi connectivity index (χ2n) is 9.25. The second-order valence-corrected chi connectivity index (χ2v) is 12.1. The fraction of sp³-hybridized carbons (Fsp3) is 0.542. The Balaban J connectivity index is 1.25. The summed E-state index contributed by atoms with van der Waals surface area (Å²) in [5.74, 6) is 0.640. The third-order valence-corrected chi connectivity index (χ3v) is 10.3. The quantitative estimate of drug-likeness (QED) is 0.535. The number of ether oxygens (including phenoxy) is 2. The highest BCUT2D eigenvalue weighted by atomic mass is 35.5. The van der Waals surface area contributed by atoms with Gasteiger partial charge in [0.1, 0.15) is 17.2 Å². The third kappa shape index (κ3) is 4.96. The average molecular weight is 521 g/mol. The van der Waals surface area contributed by atoms with Crippen molar-refractivity contribution in [1.82, 2.24) is 14.9 Å². The molecule has 0 radical (unpaired) electrons. The maximum Gasteiger partial charge on any atom is 0.410 e. The van der Waals surface area contributed by atoms with Gasteiger partial charge in [-0.2, -0.15) is 0 Å². The lowest BCUT2D eigenvalue weighted by atomic mass is 10.1. The van der Waals surface area contributed by atoms with Gasteiger partial charge in [-0.3, -0.25) is 0 Å². The van der Waals surface area contributed by atoms with E-state index in [4.69, 9.17) is 21.1 Å². The van der Waals surface area contributed by atoms with Gasteiger partial charge in [-0.05, 0) is 42.8 Å². The molecule has 3 heterocycles. The van der Waals surface area contributed by atoms with E-state index in [0.29, 0.717) is 76.6 Å². The van der Waals surface area contributed by atoms with Crippen LogP contribution in [0.3, 0.4) is 0 Å². The molecule has 3 aliphatic rings. The molecule has 5 rings (SSSR count). The number of amides is 1. The zero-order valence-electron chi connectivity index (χ0n) is 19.4. The summed E-state index contributed by atoms with van der Waals surface area (Å²) >= 11 is 6.23. The lowest BCUT2D eigenvalue weighted by Crippen LogP contribution is -2.45. The van der Waals surface area contributed by atoms with Crippen molar-refractivity contribution in [2.75, 3.05) is 44.3 Å². The lowest BCUT2D eigenvalue weighted by molar-refractivity contribution is 0.0897. The third-order valence-electron chi connectivity index (χ3n) is 7.08. The minimum atomic E-state index is -3.54. The highest BCUT2D eigenvalue weighted by molar-refractivity contribution is 7.93. The summed E-state index contributed by atoms with van der Waals surface area (Å²) in [6.45, 7) is 3.41. The van der Waals surface area contributed by atoms with Gasteiger partial charge in [0, 0.05) is 32.2 Å². The molecular weight excluding hydrogens is 492 g/mol. The second kappa shape index (κ2) is 9.91. The number of sulfone groups is 1. The van der Waals surface area contributed by atoms with Gasteiger partial charge < -0.3 is 19.3 Å². The molecule has 35 heavy (non-hydrogen) atoms. The standard InChI is InChI=1S/C24H29ClN4O5S/c25-22-26-20(16-21(27-22)28-12-14-33-15-13-28)24(8-9-24)35(31,32)19-6-10-29(11-7-19)23(30)34-17-18-4-2-1-3-5-18/h1-5,16,19H,6-15,17H2. The van der Waals surface area contributed by atoms with Crippen LogP contribution in [-0.2, 0) is 30.7 Å². The van der Waals surface area contributed by atoms with E-state index in [0.717, 1.165) is 5.56 Å². The molecule has 1 aromatic carbocycles. The summed E-state index contributed by atoms with van der Waals surface area (Å²) in [5, 5.41) is -0.481. The van der Waals surface area contributed by atoms with E-state index in [2.05, 4.69) is 9.97 Å². The van der Waals surface area contributed by atoms with E-state index in [9.17, 15) is 13.2 Å². The van der Waals surface area contributed by atoms with Gasteiger partial charge in [-0.15, -0.1) is 0 Å². The molecule has 0 spiro atoms. The topological polar surface area (TPSA) is 102 Å². The first kappa shape index (κ1) is 24.3. The monoisotopic (exact) mass is 520 g/mol. The lowest BCUT2D eigenvalue weighted by Gasteiger charge is -2.33. The van der Waals surface area contributed by atoms with Crippen LogP contribution in [0.25, 0.3) is 0 Å². The number of morpholine rings is 1. The van der Waals surface area contributed by atoms with Gasteiger partial charge in [0.25, 0.3) is 0 Å². The van der Waals surface area contributed by atoms with Crippen molar-refractivity contribution in [3.63, 3.8) is 0 Å². The van der Waals surface area contributed by atoms with Gasteiger partial charge in [-0.25, -0.2) is 23.2 Å². The number of hydrogen-bond acceptors (Lipinski definition) is 8. The molecule has 0 unspecified atom stereocenters. The normalized spacial score (nSPS) is 20.5. The maximum absolute atomic E-state index is 13.8. The van der Waals surface area contributed by atoms with Gasteiger partial charge >= 0.3 is 6.09 Å². The Morgan fingerprint density at radius 3 is 2.43 bits per heavy atom. The first-order chi connectivity index (χ1) is 16.9. The number of aromatic nitrogens is 2. The van der Waals surface area contributed by atoms with E-state index < -0.39 is 25.9 Å². The molecule has 11 heteroatoms. The Morgan fingerprint density at radius 1 is 1.09 bits per heavy atom. The van der Waals surface area contributed by atoms with Crippen LogP contribution in [0.4, 0.5) is 10.6 Å². The molecule has 0 atom stereocenters. The minimum absolute atomic E-state index is 0.0569. The van der Waals surface area contributed by atoms with E-state index in [1.807, 2.05) is 35.2 Å². The van der Waals surface area contributed by atoms with Crippen molar-refractivity contribution in [3.05, 3.63) is 52.9 Å². The van der Waals surface area contributed by atoms with Crippen LogP contribution in [-0.4, -0.2) is 74.0 Å². The number of rotatable bonds is 6. The van der Waals surface area contributed by atoms with Crippen LogP contribution in [0, 0.1) is 0 Å². The molecule has 3 fully saturated rings. The largest absolute Gasteiger partial charge is 0.445 e. The maximum atomic E-state index is 13.8. The zero-order chi connectivity index (χ0) is 24.5. The van der Waals surface area contributed by atoms with Crippen LogP contribution >= 0.6 is 11.6 Å². The summed E-state index contributed by atoms with van der Waals surface area (Å²) < 4.78 is 37.4. The van der Waals surface area contributed by atoms with Crippen molar-refractivity contribution in [2.45, 2.75) is 42.3 Å². The summed E-state index contributed by atoms with van der Waals surface area (Å²) in [5.41, 5.74) is 1.39. The molecule has 0 N–H and O–H groups in total. The van der Waals surface area contributed by atoms with Crippen molar-refractivity contribution in [3.8, 4) is 0 Å². The number of nitrogens with zero attached hydrogens (tertiary/aromatic N) is 4. The average Bonchev–Trinajstić information content (AvgIpc) is 3.71. The molecule has 1 amide bonds. The molecule has 9 nitrogen and oxygen atoms in total. The smallest absolute Gasteiger partial charge is 0.410 e. The van der Waals surface area contributed by atoms with E-state index in [1.165, 1.54) is 0 Å². The Bertz CT molecular complexity index is 1160. The number of halogens is 1. The molecule has 2 aromatic rings. The van der Waals surface area contributed by atoms with E-state index in [1.54, 1.807) is 11.0 Å². The Morgan fingerprint density at radius 2 is 1.77 bits per heavy atom. The molecule has 2 saturated heterocycles. The highest BCUT2D eigenvalue weighted by Gasteiger charge is 2.59. The molecule has 188 valence electrons. The molecular formula is C24H29ClN4O5S. The van der Waals surface area contributed by atoms with Crippen LogP contribution in [0.2, 0.25) is 5.28 Å². The number of carbonyl (C=O) groups excluding carboxylic acids is 1. The summed E-state index contributed by atoms with van der Waals surface area (Å²) in [7, 11) is -3.54. The van der Waals surface area contributed by atoms with E-state index in [-0.39, 0.29) is 11.9 Å². The minimum Gasteiger partial charge on any atom is -0.445 e. The number of piperidine rings is 1. The predicted octanol–water partition coefficient (Wildman–Crippen LogP) is 3.17. The van der Waals surface area contributed by atoms with Crippen LogP contribution in [0.5, 0.6) is 0 Å². The van der Waals surface area contributed by atoms with Crippen LogP contribution < -0.4 is 4.90 Å². The SMILES string of the molecule is O=C(OCc1ccccc1)N1CCC(S(=O)(=O)C2(c3cc(N4CCOCC4)nc(Cl)n3)CC2)CC1. The van der Waals surface area contributed by atoms with E-state index >= 15 is 0 Å². The predicted molar refractivity (Wildman–Crippen MR) is 131 cm³/mol. The van der Waals surface area contributed by atoms with Crippen LogP contribution in [0.15, 0.2) is 36.4 Å². The van der Waals surface area contributed by atoms with Crippen molar-refractivity contribution >= 4 is 33.3 Å². The fourth-order valence-corrected chi connectivity index (χ4v) is 7.59. The summed E-state index contributed by atoms with van der Waals surface area (Å²) in [6.07, 6.45) is 1.37. The Kier molecular flexibility index (Phi) is 6.87. The molecule has 1 aromatic heterocycles. The molecule has 1 saturated carbocycles. The van der Waals surface area contributed by atoms with Gasteiger partial charge in [0.15, 0.2) is 9.84 Å². The Hall–Kier alpha value is -2.43.